The van der Waals surface area contributed by atoms with Crippen molar-refractivity contribution in [2.24, 2.45) is 0 Å². The van der Waals surface area contributed by atoms with Gasteiger partial charge in [-0.05, 0) is 27.2 Å². The summed E-state index contributed by atoms with van der Waals surface area (Å²) in [5.41, 5.74) is 0.496. The summed E-state index contributed by atoms with van der Waals surface area (Å²) in [7, 11) is 0. The number of hydrogen-bond acceptors (Lipinski definition) is 4. The average molecular weight is 265 g/mol. The monoisotopic (exact) mass is 265 g/mol. The number of H-pyrrole nitrogens is 1. The molecule has 1 aliphatic heterocycles. The molecule has 0 radical (unpaired) electrons. The van der Waals surface area contributed by atoms with E-state index in [2.05, 4.69) is 9.97 Å². The van der Waals surface area contributed by atoms with Gasteiger partial charge in [0.1, 0.15) is 5.60 Å². The lowest BCUT2D eigenvalue weighted by Gasteiger charge is -2.27. The Hall–Kier alpha value is -1.85. The molecule has 1 aliphatic rings. The number of hydrogen-bond donors (Lipinski definition) is 1. The second-order valence-electron chi connectivity index (χ2n) is 5.63. The van der Waals surface area contributed by atoms with Gasteiger partial charge in [0.25, 0.3) is 5.56 Å². The van der Waals surface area contributed by atoms with Gasteiger partial charge in [-0.2, -0.15) is 0 Å². The van der Waals surface area contributed by atoms with E-state index in [1.165, 1.54) is 6.33 Å². The van der Waals surface area contributed by atoms with Crippen molar-refractivity contribution in [3.8, 4) is 0 Å². The van der Waals surface area contributed by atoms with Gasteiger partial charge in [0.2, 0.25) is 0 Å². The van der Waals surface area contributed by atoms with Crippen molar-refractivity contribution in [1.82, 2.24) is 14.9 Å². The third kappa shape index (κ3) is 2.62. The predicted molar refractivity (Wildman–Crippen MR) is 69.7 cm³/mol. The highest BCUT2D eigenvalue weighted by molar-refractivity contribution is 5.70. The van der Waals surface area contributed by atoms with Crippen LogP contribution >= 0.6 is 0 Å². The number of fused-ring (bicyclic) bond motifs is 1. The fourth-order valence-corrected chi connectivity index (χ4v) is 2.24. The topological polar surface area (TPSA) is 75.3 Å². The van der Waals surface area contributed by atoms with E-state index in [1.54, 1.807) is 4.90 Å². The molecule has 0 fully saturated rings. The summed E-state index contributed by atoms with van der Waals surface area (Å²) >= 11 is 0. The largest absolute Gasteiger partial charge is 0.444 e. The number of carbonyl (C=O) groups excluding carboxylic acids is 1. The second kappa shape index (κ2) is 4.68. The van der Waals surface area contributed by atoms with Crippen molar-refractivity contribution in [3.05, 3.63) is 27.9 Å². The van der Waals surface area contributed by atoms with Crippen molar-refractivity contribution in [2.75, 3.05) is 0 Å². The van der Waals surface area contributed by atoms with Gasteiger partial charge in [-0.1, -0.05) is 6.92 Å². The fraction of sp³-hybridized carbons (Fsp3) is 0.615. The van der Waals surface area contributed by atoms with Crippen LogP contribution < -0.4 is 5.56 Å². The zero-order valence-corrected chi connectivity index (χ0v) is 11.7. The maximum Gasteiger partial charge on any atom is 0.411 e. The Kier molecular flexibility index (Phi) is 3.34. The fourth-order valence-electron chi connectivity index (χ4n) is 2.24. The number of amides is 1. The van der Waals surface area contributed by atoms with Crippen LogP contribution in [0.5, 0.6) is 0 Å². The molecule has 0 aliphatic carbocycles. The maximum absolute atomic E-state index is 12.2. The first-order valence-electron chi connectivity index (χ1n) is 6.39. The van der Waals surface area contributed by atoms with Crippen molar-refractivity contribution in [2.45, 2.75) is 52.3 Å². The van der Waals surface area contributed by atoms with Gasteiger partial charge in [-0.25, -0.2) is 9.78 Å². The minimum absolute atomic E-state index is 0.186. The molecular weight excluding hydrogens is 246 g/mol. The lowest BCUT2D eigenvalue weighted by atomic mass is 10.1. The third-order valence-corrected chi connectivity index (χ3v) is 3.02. The van der Waals surface area contributed by atoms with Crippen LogP contribution in [-0.2, 0) is 11.3 Å². The molecule has 1 atom stereocenters. The van der Waals surface area contributed by atoms with E-state index in [0.29, 0.717) is 17.7 Å². The zero-order chi connectivity index (χ0) is 14.2. The number of ether oxygens (including phenoxy) is 1. The summed E-state index contributed by atoms with van der Waals surface area (Å²) in [6.45, 7) is 7.67. The van der Waals surface area contributed by atoms with Crippen LogP contribution in [0.2, 0.25) is 0 Å². The number of nitrogens with one attached hydrogen (secondary N) is 1. The highest BCUT2D eigenvalue weighted by atomic mass is 16.6. The Morgan fingerprint density at radius 3 is 2.84 bits per heavy atom. The number of aromatic nitrogens is 2. The van der Waals surface area contributed by atoms with Crippen molar-refractivity contribution in [3.63, 3.8) is 0 Å². The summed E-state index contributed by atoms with van der Waals surface area (Å²) in [6, 6.07) is -0.188. The van der Waals surface area contributed by atoms with E-state index >= 15 is 0 Å². The van der Waals surface area contributed by atoms with E-state index in [1.807, 2.05) is 27.7 Å². The third-order valence-electron chi connectivity index (χ3n) is 3.02. The number of carbonyl (C=O) groups is 1. The molecule has 6 heteroatoms. The lowest BCUT2D eigenvalue weighted by Crippen LogP contribution is -2.35. The van der Waals surface area contributed by atoms with E-state index in [-0.39, 0.29) is 18.1 Å². The number of aromatic amines is 1. The standard InChI is InChI=1S/C13H19N3O3/c1-5-9-10-8(11(17)15-7-14-10)6-16(9)12(18)19-13(2,3)4/h7,9H,5-6H2,1-4H3,(H,14,15,17). The number of rotatable bonds is 1. The molecule has 1 N–H and O–H groups in total. The summed E-state index contributed by atoms with van der Waals surface area (Å²) in [5, 5.41) is 0. The normalized spacial score (nSPS) is 18.3. The molecule has 0 spiro atoms. The van der Waals surface area contributed by atoms with Crippen molar-refractivity contribution < 1.29 is 9.53 Å². The molecule has 1 unspecified atom stereocenters. The Balaban J connectivity index is 2.29. The molecule has 2 rings (SSSR count). The minimum Gasteiger partial charge on any atom is -0.444 e. The quantitative estimate of drug-likeness (QED) is 0.842. The smallest absolute Gasteiger partial charge is 0.411 e. The van der Waals surface area contributed by atoms with Gasteiger partial charge in [-0.3, -0.25) is 9.69 Å². The van der Waals surface area contributed by atoms with Crippen LogP contribution in [0.15, 0.2) is 11.1 Å². The molecule has 1 amide bonds. The van der Waals surface area contributed by atoms with Crippen LogP contribution in [0.1, 0.15) is 51.4 Å². The molecule has 0 aromatic carbocycles. The Labute approximate surface area is 111 Å². The van der Waals surface area contributed by atoms with Gasteiger partial charge in [-0.15, -0.1) is 0 Å². The van der Waals surface area contributed by atoms with Crippen LogP contribution in [0, 0.1) is 0 Å². The van der Waals surface area contributed by atoms with Crippen LogP contribution in [-0.4, -0.2) is 26.6 Å². The Morgan fingerprint density at radius 1 is 1.58 bits per heavy atom. The second-order valence-corrected chi connectivity index (χ2v) is 5.63. The molecule has 104 valence electrons. The van der Waals surface area contributed by atoms with E-state index in [4.69, 9.17) is 4.74 Å². The van der Waals surface area contributed by atoms with Crippen LogP contribution in [0.3, 0.4) is 0 Å². The first kappa shape index (κ1) is 13.6. The summed E-state index contributed by atoms with van der Waals surface area (Å²) in [6.07, 6.45) is 1.67. The van der Waals surface area contributed by atoms with Gasteiger partial charge >= 0.3 is 6.09 Å². The van der Waals surface area contributed by atoms with Gasteiger partial charge in [0.15, 0.2) is 0 Å². The van der Waals surface area contributed by atoms with Crippen LogP contribution in [0.25, 0.3) is 0 Å². The molecule has 2 heterocycles. The van der Waals surface area contributed by atoms with E-state index in [0.717, 1.165) is 0 Å². The first-order chi connectivity index (χ1) is 8.83. The number of nitrogens with zero attached hydrogens (tertiary/aromatic N) is 2. The highest BCUT2D eigenvalue weighted by Gasteiger charge is 2.37. The predicted octanol–water partition coefficient (Wildman–Crippen LogP) is 1.97. The molecule has 6 nitrogen and oxygen atoms in total. The van der Waals surface area contributed by atoms with Crippen LogP contribution in [0.4, 0.5) is 4.79 Å². The van der Waals surface area contributed by atoms with Crippen molar-refractivity contribution >= 4 is 6.09 Å². The summed E-state index contributed by atoms with van der Waals surface area (Å²) < 4.78 is 5.37. The summed E-state index contributed by atoms with van der Waals surface area (Å²) in [5.74, 6) is 0. The first-order valence-corrected chi connectivity index (χ1v) is 6.39. The molecular formula is C13H19N3O3. The molecule has 0 bridgehead atoms. The van der Waals surface area contributed by atoms with Crippen molar-refractivity contribution in [1.29, 1.82) is 0 Å². The van der Waals surface area contributed by atoms with E-state index < -0.39 is 11.7 Å². The minimum atomic E-state index is -0.552. The van der Waals surface area contributed by atoms with Gasteiger partial charge in [0.05, 0.1) is 30.2 Å². The maximum atomic E-state index is 12.2. The molecule has 19 heavy (non-hydrogen) atoms. The Bertz CT molecular complexity index is 545. The molecule has 1 aromatic heterocycles. The summed E-state index contributed by atoms with van der Waals surface area (Å²) in [4.78, 5) is 32.2. The van der Waals surface area contributed by atoms with Gasteiger partial charge in [0, 0.05) is 0 Å². The zero-order valence-electron chi connectivity index (χ0n) is 11.7. The Morgan fingerprint density at radius 2 is 2.26 bits per heavy atom. The van der Waals surface area contributed by atoms with Gasteiger partial charge < -0.3 is 9.72 Å². The SMILES string of the molecule is CCC1c2nc[nH]c(=O)c2CN1C(=O)OC(C)(C)C. The molecule has 0 saturated carbocycles. The highest BCUT2D eigenvalue weighted by Crippen LogP contribution is 2.33. The average Bonchev–Trinajstić information content (AvgIpc) is 2.66. The molecule has 0 saturated heterocycles. The van der Waals surface area contributed by atoms with E-state index in [9.17, 15) is 9.59 Å². The lowest BCUT2D eigenvalue weighted by molar-refractivity contribution is 0.0166. The molecule has 1 aromatic rings.